The summed E-state index contributed by atoms with van der Waals surface area (Å²) in [5.74, 6) is 1.03. The molecule has 0 aromatic carbocycles. The molecule has 0 unspecified atom stereocenters. The van der Waals surface area contributed by atoms with Crippen LogP contribution in [0.25, 0.3) is 0 Å². The van der Waals surface area contributed by atoms with Gasteiger partial charge in [0.05, 0.1) is 6.54 Å². The predicted octanol–water partition coefficient (Wildman–Crippen LogP) is 1.32. The normalized spacial score (nSPS) is 26.3. The van der Waals surface area contributed by atoms with Crippen LogP contribution >= 0.6 is 0 Å². The molecule has 0 spiro atoms. The van der Waals surface area contributed by atoms with Crippen molar-refractivity contribution in [3.8, 4) is 0 Å². The van der Waals surface area contributed by atoms with Gasteiger partial charge in [0.1, 0.15) is 0 Å². The molecule has 0 bridgehead atoms. The van der Waals surface area contributed by atoms with Crippen LogP contribution in [0.5, 0.6) is 0 Å². The fraction of sp³-hybridized carbons (Fsp3) is 0.933. The van der Waals surface area contributed by atoms with E-state index in [1.807, 2.05) is 11.9 Å². The van der Waals surface area contributed by atoms with Gasteiger partial charge in [-0.25, -0.2) is 0 Å². The Balaban J connectivity index is 1.74. The van der Waals surface area contributed by atoms with Gasteiger partial charge in [0.2, 0.25) is 5.91 Å². The van der Waals surface area contributed by atoms with Crippen molar-refractivity contribution in [1.29, 1.82) is 0 Å². The van der Waals surface area contributed by atoms with E-state index in [0.29, 0.717) is 18.5 Å². The first-order valence-electron chi connectivity index (χ1n) is 7.85. The minimum Gasteiger partial charge on any atom is -0.344 e. The Morgan fingerprint density at radius 1 is 1.32 bits per heavy atom. The van der Waals surface area contributed by atoms with Crippen molar-refractivity contribution in [2.45, 2.75) is 45.1 Å². The lowest BCUT2D eigenvalue weighted by atomic mass is 9.89. The standard InChI is InChI=1S/C15H29N3O/c1-13-10-16-8-9-18(13)12-15(19)17(2)11-14-6-4-3-5-7-14/h13-14,16H,3-12H2,1-2H3/t13-/m0/s1. The van der Waals surface area contributed by atoms with Gasteiger partial charge in [-0.2, -0.15) is 0 Å². The maximum absolute atomic E-state index is 12.3. The van der Waals surface area contributed by atoms with Crippen LogP contribution in [0.3, 0.4) is 0 Å². The Morgan fingerprint density at radius 3 is 2.74 bits per heavy atom. The maximum Gasteiger partial charge on any atom is 0.236 e. The van der Waals surface area contributed by atoms with E-state index in [2.05, 4.69) is 17.1 Å². The molecule has 1 N–H and O–H groups in total. The molecule has 1 aliphatic heterocycles. The van der Waals surface area contributed by atoms with Gasteiger partial charge in [-0.05, 0) is 25.7 Å². The number of likely N-dealkylation sites (N-methyl/N-ethyl adjacent to an activating group) is 1. The third-order valence-corrected chi connectivity index (χ3v) is 4.66. The van der Waals surface area contributed by atoms with Crippen LogP contribution in [0.2, 0.25) is 0 Å². The second-order valence-corrected chi connectivity index (χ2v) is 6.30. The van der Waals surface area contributed by atoms with E-state index in [0.717, 1.165) is 32.1 Å². The van der Waals surface area contributed by atoms with Crippen LogP contribution in [-0.4, -0.2) is 61.5 Å². The molecule has 4 nitrogen and oxygen atoms in total. The lowest BCUT2D eigenvalue weighted by Crippen LogP contribution is -2.53. The van der Waals surface area contributed by atoms with Crippen LogP contribution in [0.15, 0.2) is 0 Å². The van der Waals surface area contributed by atoms with Crippen molar-refractivity contribution in [3.05, 3.63) is 0 Å². The monoisotopic (exact) mass is 267 g/mol. The van der Waals surface area contributed by atoms with E-state index in [9.17, 15) is 4.79 Å². The van der Waals surface area contributed by atoms with Gasteiger partial charge < -0.3 is 10.2 Å². The number of rotatable bonds is 4. The van der Waals surface area contributed by atoms with Gasteiger partial charge in [-0.1, -0.05) is 19.3 Å². The number of carbonyl (C=O) groups is 1. The fourth-order valence-corrected chi connectivity index (χ4v) is 3.27. The summed E-state index contributed by atoms with van der Waals surface area (Å²) in [5.41, 5.74) is 0. The molecule has 1 saturated heterocycles. The molecule has 19 heavy (non-hydrogen) atoms. The Labute approximate surface area is 117 Å². The van der Waals surface area contributed by atoms with Crippen molar-refractivity contribution in [2.75, 3.05) is 39.8 Å². The van der Waals surface area contributed by atoms with Gasteiger partial charge in [0.25, 0.3) is 0 Å². The third-order valence-electron chi connectivity index (χ3n) is 4.66. The second-order valence-electron chi connectivity index (χ2n) is 6.30. The van der Waals surface area contributed by atoms with Crippen LogP contribution in [0.1, 0.15) is 39.0 Å². The quantitative estimate of drug-likeness (QED) is 0.834. The highest BCUT2D eigenvalue weighted by molar-refractivity contribution is 5.78. The molecule has 0 aromatic heterocycles. The van der Waals surface area contributed by atoms with Crippen molar-refractivity contribution in [1.82, 2.24) is 15.1 Å². The second kappa shape index (κ2) is 7.25. The largest absolute Gasteiger partial charge is 0.344 e. The molecular formula is C15H29N3O. The number of nitrogens with one attached hydrogen (secondary N) is 1. The highest BCUT2D eigenvalue weighted by atomic mass is 16.2. The summed E-state index contributed by atoms with van der Waals surface area (Å²) in [4.78, 5) is 16.6. The Hall–Kier alpha value is -0.610. The number of piperazine rings is 1. The molecule has 2 rings (SSSR count). The Kier molecular flexibility index (Phi) is 5.64. The third kappa shape index (κ3) is 4.46. The van der Waals surface area contributed by atoms with Crippen LogP contribution in [-0.2, 0) is 4.79 Å². The minimum absolute atomic E-state index is 0.291. The van der Waals surface area contributed by atoms with E-state index in [-0.39, 0.29) is 0 Å². The lowest BCUT2D eigenvalue weighted by Gasteiger charge is -2.35. The van der Waals surface area contributed by atoms with E-state index in [1.54, 1.807) is 0 Å². The van der Waals surface area contributed by atoms with Gasteiger partial charge in [0, 0.05) is 39.3 Å². The molecule has 1 atom stereocenters. The van der Waals surface area contributed by atoms with Crippen molar-refractivity contribution < 1.29 is 4.79 Å². The first kappa shape index (κ1) is 14.8. The first-order chi connectivity index (χ1) is 9.16. The van der Waals surface area contributed by atoms with Crippen molar-refractivity contribution >= 4 is 5.91 Å². The molecule has 0 radical (unpaired) electrons. The molecule has 2 fully saturated rings. The highest BCUT2D eigenvalue weighted by Gasteiger charge is 2.23. The summed E-state index contributed by atoms with van der Waals surface area (Å²) in [6.07, 6.45) is 6.69. The zero-order valence-electron chi connectivity index (χ0n) is 12.5. The number of carbonyl (C=O) groups excluding carboxylic acids is 1. The lowest BCUT2D eigenvalue weighted by molar-refractivity contribution is -0.132. The average molecular weight is 267 g/mol. The average Bonchev–Trinajstić information content (AvgIpc) is 2.42. The predicted molar refractivity (Wildman–Crippen MR) is 78.1 cm³/mol. The highest BCUT2D eigenvalue weighted by Crippen LogP contribution is 2.24. The summed E-state index contributed by atoms with van der Waals surface area (Å²) in [7, 11) is 1.98. The molecule has 4 heteroatoms. The van der Waals surface area contributed by atoms with Gasteiger partial charge in [-0.3, -0.25) is 9.69 Å². The Bertz CT molecular complexity index is 289. The molecule has 1 aliphatic carbocycles. The molecule has 0 aromatic rings. The van der Waals surface area contributed by atoms with Crippen LogP contribution < -0.4 is 5.32 Å². The smallest absolute Gasteiger partial charge is 0.236 e. The van der Waals surface area contributed by atoms with E-state index < -0.39 is 0 Å². The van der Waals surface area contributed by atoms with Gasteiger partial charge in [0.15, 0.2) is 0 Å². The fourth-order valence-electron chi connectivity index (χ4n) is 3.27. The number of hydrogen-bond donors (Lipinski definition) is 1. The summed E-state index contributed by atoms with van der Waals surface area (Å²) in [6.45, 7) is 6.74. The van der Waals surface area contributed by atoms with E-state index >= 15 is 0 Å². The summed E-state index contributed by atoms with van der Waals surface area (Å²) in [6, 6.07) is 0.473. The van der Waals surface area contributed by atoms with E-state index in [4.69, 9.17) is 0 Å². The minimum atomic E-state index is 0.291. The number of hydrogen-bond acceptors (Lipinski definition) is 3. The first-order valence-corrected chi connectivity index (χ1v) is 7.85. The van der Waals surface area contributed by atoms with Crippen LogP contribution in [0, 0.1) is 5.92 Å². The van der Waals surface area contributed by atoms with Gasteiger partial charge >= 0.3 is 0 Å². The zero-order valence-corrected chi connectivity index (χ0v) is 12.5. The molecule has 2 aliphatic rings. The topological polar surface area (TPSA) is 35.6 Å². The van der Waals surface area contributed by atoms with Gasteiger partial charge in [-0.15, -0.1) is 0 Å². The van der Waals surface area contributed by atoms with E-state index in [1.165, 1.54) is 32.1 Å². The van der Waals surface area contributed by atoms with Crippen LogP contribution in [0.4, 0.5) is 0 Å². The van der Waals surface area contributed by atoms with Crippen molar-refractivity contribution in [2.24, 2.45) is 5.92 Å². The Morgan fingerprint density at radius 2 is 2.05 bits per heavy atom. The SMILES string of the molecule is C[C@H]1CNCCN1CC(=O)N(C)CC1CCCCC1. The summed E-state index contributed by atoms with van der Waals surface area (Å²) >= 11 is 0. The molecule has 1 saturated carbocycles. The summed E-state index contributed by atoms with van der Waals surface area (Å²) < 4.78 is 0. The summed E-state index contributed by atoms with van der Waals surface area (Å²) in [5, 5.41) is 3.37. The number of amides is 1. The molecule has 1 heterocycles. The molecule has 110 valence electrons. The molecule has 1 amide bonds. The zero-order chi connectivity index (χ0) is 13.7. The number of nitrogens with zero attached hydrogens (tertiary/aromatic N) is 2. The maximum atomic E-state index is 12.3. The molecular weight excluding hydrogens is 238 g/mol. The van der Waals surface area contributed by atoms with Crippen molar-refractivity contribution in [3.63, 3.8) is 0 Å².